The predicted molar refractivity (Wildman–Crippen MR) is 137 cm³/mol. The molecule has 198 valence electrons. The van der Waals surface area contributed by atoms with E-state index in [-0.39, 0.29) is 17.2 Å². The maximum atomic E-state index is 12.9. The number of amides is 2. The fourth-order valence-electron chi connectivity index (χ4n) is 4.38. The number of carbonyl (C=O) groups is 2. The van der Waals surface area contributed by atoms with E-state index in [2.05, 4.69) is 49.5 Å². The molecule has 2 bridgehead atoms. The van der Waals surface area contributed by atoms with Crippen molar-refractivity contribution in [2.75, 3.05) is 91.6 Å². The van der Waals surface area contributed by atoms with Crippen LogP contribution in [0.4, 0.5) is 0 Å². The summed E-state index contributed by atoms with van der Waals surface area (Å²) in [5.41, 5.74) is 5.15. The van der Waals surface area contributed by atoms with E-state index in [0.29, 0.717) is 52.0 Å². The van der Waals surface area contributed by atoms with Gasteiger partial charge >= 0.3 is 0 Å². The minimum atomic E-state index is -0.455. The Morgan fingerprint density at radius 3 is 1.62 bits per heavy atom. The lowest BCUT2D eigenvalue weighted by Crippen LogP contribution is -2.66. The maximum absolute atomic E-state index is 12.9. The Kier molecular flexibility index (Phi) is 13.9. The van der Waals surface area contributed by atoms with Crippen molar-refractivity contribution in [3.63, 3.8) is 0 Å². The lowest BCUT2D eigenvalue weighted by atomic mass is 9.90. The van der Waals surface area contributed by atoms with Crippen LogP contribution in [0.25, 0.3) is 0 Å². The van der Waals surface area contributed by atoms with Crippen LogP contribution < -0.4 is 48.3 Å². The van der Waals surface area contributed by atoms with Crippen LogP contribution in [0.15, 0.2) is 0 Å². The molecule has 11 heteroatoms. The quantitative estimate of drug-likeness (QED) is 0.165. The molecule has 0 aromatic rings. The molecule has 0 spiro atoms. The van der Waals surface area contributed by atoms with Gasteiger partial charge < -0.3 is 48.3 Å². The van der Waals surface area contributed by atoms with Crippen molar-refractivity contribution in [2.45, 2.75) is 38.1 Å². The highest BCUT2D eigenvalue weighted by Gasteiger charge is 2.32. The van der Waals surface area contributed by atoms with Crippen molar-refractivity contribution >= 4 is 11.8 Å². The first-order valence-electron chi connectivity index (χ1n) is 13.0. The minimum Gasteiger partial charge on any atom is -0.356 e. The molecule has 0 unspecified atom stereocenters. The summed E-state index contributed by atoms with van der Waals surface area (Å²) >= 11 is 0. The van der Waals surface area contributed by atoms with Crippen LogP contribution in [0, 0.1) is 5.41 Å². The van der Waals surface area contributed by atoms with Crippen molar-refractivity contribution < 1.29 is 9.59 Å². The molecular weight excluding hydrogens is 434 g/mol. The van der Waals surface area contributed by atoms with E-state index < -0.39 is 5.54 Å². The van der Waals surface area contributed by atoms with Gasteiger partial charge in [-0.25, -0.2) is 0 Å². The SMILES string of the molecule is CC12CNCCNCC(NC(=O)CCCC(=O)NCCCN)(CNCCNC1)CNCCNC2. The van der Waals surface area contributed by atoms with Crippen LogP contribution in [0.2, 0.25) is 0 Å². The van der Waals surface area contributed by atoms with E-state index in [0.717, 1.165) is 65.3 Å². The summed E-state index contributed by atoms with van der Waals surface area (Å²) in [6.07, 6.45) is 1.97. The molecule has 3 aliphatic rings. The molecular formula is C23H49N9O2. The second-order valence-corrected chi connectivity index (χ2v) is 10.0. The lowest BCUT2D eigenvalue weighted by Gasteiger charge is -2.37. The van der Waals surface area contributed by atoms with Crippen LogP contribution in [0.5, 0.6) is 0 Å². The molecule has 3 saturated heterocycles. The number of fused-ring (bicyclic) bond motifs is 15. The molecule has 2 amide bonds. The Bertz CT molecular complexity index is 547. The van der Waals surface area contributed by atoms with Gasteiger partial charge in [0.05, 0.1) is 5.54 Å². The van der Waals surface area contributed by atoms with E-state index in [4.69, 9.17) is 5.73 Å². The van der Waals surface area contributed by atoms with Crippen LogP contribution >= 0.6 is 0 Å². The predicted octanol–water partition coefficient (Wildman–Crippen LogP) is -2.95. The van der Waals surface area contributed by atoms with Gasteiger partial charge in [-0.05, 0) is 19.4 Å². The third-order valence-electron chi connectivity index (χ3n) is 6.40. The zero-order valence-corrected chi connectivity index (χ0v) is 21.1. The lowest BCUT2D eigenvalue weighted by molar-refractivity contribution is -0.123. The van der Waals surface area contributed by atoms with Crippen LogP contribution in [0.3, 0.4) is 0 Å². The first kappa shape index (κ1) is 28.9. The van der Waals surface area contributed by atoms with Crippen molar-refractivity contribution in [3.05, 3.63) is 0 Å². The highest BCUT2D eigenvalue weighted by atomic mass is 16.2. The third kappa shape index (κ3) is 11.9. The molecule has 3 heterocycles. The summed E-state index contributed by atoms with van der Waals surface area (Å²) < 4.78 is 0. The molecule has 34 heavy (non-hydrogen) atoms. The first-order chi connectivity index (χ1) is 16.5. The smallest absolute Gasteiger partial charge is 0.220 e. The highest BCUT2D eigenvalue weighted by Crippen LogP contribution is 2.12. The molecule has 0 saturated carbocycles. The van der Waals surface area contributed by atoms with Crippen molar-refractivity contribution in [1.82, 2.24) is 42.5 Å². The summed E-state index contributed by atoms with van der Waals surface area (Å²) in [7, 11) is 0. The minimum absolute atomic E-state index is 0.0208. The fraction of sp³-hybridized carbons (Fsp3) is 0.913. The summed E-state index contributed by atoms with van der Waals surface area (Å²) in [6, 6.07) is 0. The standard InChI is InChI=1S/C23H49N9O2/c1-22-14-25-8-11-28-17-23(18-29-12-9-26-15-22,19-30-13-10-27-16-22)32-21(34)5-2-4-20(33)31-7-3-6-24/h25-30H,2-19,24H2,1H3,(H,31,33)(H,32,34). The Labute approximate surface area is 205 Å². The molecule has 3 rings (SSSR count). The van der Waals surface area contributed by atoms with Gasteiger partial charge in [-0.1, -0.05) is 6.92 Å². The topological polar surface area (TPSA) is 156 Å². The van der Waals surface area contributed by atoms with Gasteiger partial charge in [-0.2, -0.15) is 0 Å². The number of rotatable bonds is 8. The number of carbonyl (C=O) groups excluding carboxylic acids is 2. The van der Waals surface area contributed by atoms with E-state index >= 15 is 0 Å². The normalized spacial score (nSPS) is 27.9. The Morgan fingerprint density at radius 1 is 0.706 bits per heavy atom. The van der Waals surface area contributed by atoms with Crippen LogP contribution in [-0.2, 0) is 9.59 Å². The van der Waals surface area contributed by atoms with Crippen LogP contribution in [0.1, 0.15) is 32.6 Å². The molecule has 0 aliphatic carbocycles. The largest absolute Gasteiger partial charge is 0.356 e. The van der Waals surface area contributed by atoms with E-state index in [9.17, 15) is 9.59 Å². The average molecular weight is 484 g/mol. The van der Waals surface area contributed by atoms with Gasteiger partial charge in [-0.3, -0.25) is 9.59 Å². The Balaban J connectivity index is 1.96. The van der Waals surface area contributed by atoms with Crippen molar-refractivity contribution in [3.8, 4) is 0 Å². The summed E-state index contributed by atoms with van der Waals surface area (Å²) in [5, 5.41) is 27.6. The van der Waals surface area contributed by atoms with Crippen molar-refractivity contribution in [1.29, 1.82) is 0 Å². The van der Waals surface area contributed by atoms with E-state index in [1.807, 2.05) is 0 Å². The molecule has 11 nitrogen and oxygen atoms in total. The summed E-state index contributed by atoms with van der Waals surface area (Å²) in [4.78, 5) is 24.8. The maximum Gasteiger partial charge on any atom is 0.220 e. The summed E-state index contributed by atoms with van der Waals surface area (Å²) in [5.74, 6) is -0.0449. The molecule has 3 aliphatic heterocycles. The molecule has 0 atom stereocenters. The summed E-state index contributed by atoms with van der Waals surface area (Å²) in [6.45, 7) is 13.4. The fourth-order valence-corrected chi connectivity index (χ4v) is 4.38. The van der Waals surface area contributed by atoms with Gasteiger partial charge in [0.1, 0.15) is 0 Å². The zero-order valence-electron chi connectivity index (χ0n) is 21.1. The molecule has 0 radical (unpaired) electrons. The number of hydrogen-bond donors (Lipinski definition) is 9. The Hall–Kier alpha value is -1.34. The van der Waals surface area contributed by atoms with Crippen LogP contribution in [-0.4, -0.2) is 109 Å². The van der Waals surface area contributed by atoms with Gasteiger partial charge in [0.2, 0.25) is 11.8 Å². The van der Waals surface area contributed by atoms with Gasteiger partial charge in [0.25, 0.3) is 0 Å². The number of nitrogens with two attached hydrogens (primary N) is 1. The molecule has 0 aromatic heterocycles. The van der Waals surface area contributed by atoms with Crippen molar-refractivity contribution in [2.24, 2.45) is 11.1 Å². The molecule has 10 N–H and O–H groups in total. The average Bonchev–Trinajstić information content (AvgIpc) is 2.80. The second kappa shape index (κ2) is 16.4. The van der Waals surface area contributed by atoms with Gasteiger partial charge in [-0.15, -0.1) is 0 Å². The zero-order chi connectivity index (χ0) is 24.5. The first-order valence-corrected chi connectivity index (χ1v) is 13.0. The van der Waals surface area contributed by atoms with E-state index in [1.165, 1.54) is 0 Å². The molecule has 0 aromatic carbocycles. The third-order valence-corrected chi connectivity index (χ3v) is 6.40. The van der Waals surface area contributed by atoms with Gasteiger partial charge in [0.15, 0.2) is 0 Å². The Morgan fingerprint density at radius 2 is 1.15 bits per heavy atom. The second-order valence-electron chi connectivity index (χ2n) is 10.0. The number of hydrogen-bond acceptors (Lipinski definition) is 9. The van der Waals surface area contributed by atoms with E-state index in [1.54, 1.807) is 0 Å². The molecule has 3 fully saturated rings. The monoisotopic (exact) mass is 483 g/mol. The van der Waals surface area contributed by atoms with Gasteiger partial charge in [0, 0.05) is 103 Å². The highest BCUT2D eigenvalue weighted by molar-refractivity contribution is 5.79. The number of nitrogens with one attached hydrogen (secondary N) is 8.